The lowest BCUT2D eigenvalue weighted by Crippen LogP contribution is -2.38. The van der Waals surface area contributed by atoms with Gasteiger partial charge in [-0.25, -0.2) is 9.59 Å². The third kappa shape index (κ3) is 5.21. The zero-order chi connectivity index (χ0) is 15.3. The van der Waals surface area contributed by atoms with Crippen molar-refractivity contribution in [3.63, 3.8) is 0 Å². The van der Waals surface area contributed by atoms with Crippen LogP contribution in [0.25, 0.3) is 0 Å². The summed E-state index contributed by atoms with van der Waals surface area (Å²) in [6.45, 7) is 5.25. The van der Waals surface area contributed by atoms with Gasteiger partial charge in [-0.3, -0.25) is 0 Å². The first-order chi connectivity index (χ1) is 9.23. The Labute approximate surface area is 126 Å². The second kappa shape index (κ2) is 6.74. The van der Waals surface area contributed by atoms with Crippen molar-refractivity contribution < 1.29 is 19.1 Å². The highest BCUT2D eigenvalue weighted by Crippen LogP contribution is 2.20. The van der Waals surface area contributed by atoms with E-state index in [4.69, 9.17) is 9.47 Å². The van der Waals surface area contributed by atoms with Gasteiger partial charge in [0.05, 0.1) is 7.11 Å². The predicted molar refractivity (Wildman–Crippen MR) is 78.3 cm³/mol. The Bertz CT molecular complexity index is 496. The van der Waals surface area contributed by atoms with Crippen molar-refractivity contribution in [3.8, 4) is 0 Å². The summed E-state index contributed by atoms with van der Waals surface area (Å²) in [5.41, 5.74) is -0.0285. The second-order valence-corrected chi connectivity index (χ2v) is 6.07. The molecule has 1 N–H and O–H groups in total. The van der Waals surface area contributed by atoms with Gasteiger partial charge in [0.25, 0.3) is 0 Å². The Morgan fingerprint density at radius 1 is 1.30 bits per heavy atom. The fraction of sp³-hybridized carbons (Fsp3) is 0.429. The number of alkyl carbamates (subject to hydrolysis) is 1. The van der Waals surface area contributed by atoms with Crippen LogP contribution < -0.4 is 5.32 Å². The van der Waals surface area contributed by atoms with E-state index in [1.165, 1.54) is 7.11 Å². The van der Waals surface area contributed by atoms with Crippen LogP contribution in [0.2, 0.25) is 0 Å². The van der Waals surface area contributed by atoms with Crippen molar-refractivity contribution in [1.82, 2.24) is 5.32 Å². The number of carbonyl (C=O) groups is 2. The fourth-order valence-electron chi connectivity index (χ4n) is 1.51. The zero-order valence-electron chi connectivity index (χ0n) is 11.9. The van der Waals surface area contributed by atoms with Gasteiger partial charge in [-0.15, -0.1) is 0 Å². The van der Waals surface area contributed by atoms with Crippen LogP contribution >= 0.6 is 15.9 Å². The van der Waals surface area contributed by atoms with E-state index in [9.17, 15) is 9.59 Å². The Balaban J connectivity index is 2.91. The molecule has 1 amide bonds. The van der Waals surface area contributed by atoms with Crippen LogP contribution in [0.4, 0.5) is 4.79 Å². The summed E-state index contributed by atoms with van der Waals surface area (Å²) in [7, 11) is 1.27. The molecule has 0 aliphatic rings. The van der Waals surface area contributed by atoms with Crippen LogP contribution in [0.3, 0.4) is 0 Å². The topological polar surface area (TPSA) is 64.6 Å². The highest BCUT2D eigenvalue weighted by molar-refractivity contribution is 9.10. The average Bonchev–Trinajstić information content (AvgIpc) is 2.33. The first-order valence-electron chi connectivity index (χ1n) is 6.06. The Hall–Kier alpha value is -1.56. The minimum Gasteiger partial charge on any atom is -0.467 e. The van der Waals surface area contributed by atoms with Gasteiger partial charge in [0, 0.05) is 4.47 Å². The summed E-state index contributed by atoms with van der Waals surface area (Å²) in [6.07, 6.45) is -0.673. The summed E-state index contributed by atoms with van der Waals surface area (Å²) in [4.78, 5) is 23.6. The first kappa shape index (κ1) is 16.5. The molecule has 0 bridgehead atoms. The molecule has 5 nitrogen and oxygen atoms in total. The molecule has 0 aliphatic heterocycles. The average molecular weight is 344 g/mol. The minimum absolute atomic E-state index is 0.561. The standard InChI is InChI=1S/C14H18BrNO4/c1-14(2,3)20-13(18)16-11(12(17)19-4)9-6-5-7-10(15)8-9/h5-8,11H,1-4H3,(H,16,18)/t11-/m1/s1. The normalized spacial score (nSPS) is 12.4. The molecule has 1 aromatic carbocycles. The van der Waals surface area contributed by atoms with Gasteiger partial charge < -0.3 is 14.8 Å². The maximum Gasteiger partial charge on any atom is 0.408 e. The maximum absolute atomic E-state index is 11.8. The molecule has 110 valence electrons. The molecule has 0 saturated carbocycles. The van der Waals surface area contributed by atoms with Crippen molar-refractivity contribution in [2.24, 2.45) is 0 Å². The molecule has 0 heterocycles. The summed E-state index contributed by atoms with van der Waals surface area (Å²) < 4.78 is 10.7. The van der Waals surface area contributed by atoms with Crippen LogP contribution in [0, 0.1) is 0 Å². The second-order valence-electron chi connectivity index (χ2n) is 5.16. The number of nitrogens with one attached hydrogen (secondary N) is 1. The molecule has 0 aromatic heterocycles. The lowest BCUT2D eigenvalue weighted by molar-refractivity contribution is -0.143. The molecule has 1 rings (SSSR count). The first-order valence-corrected chi connectivity index (χ1v) is 6.85. The van der Waals surface area contributed by atoms with Crippen molar-refractivity contribution in [1.29, 1.82) is 0 Å². The quantitative estimate of drug-likeness (QED) is 0.856. The summed E-state index contributed by atoms with van der Waals surface area (Å²) >= 11 is 3.32. The van der Waals surface area contributed by atoms with Crippen molar-refractivity contribution in [3.05, 3.63) is 34.3 Å². The van der Waals surface area contributed by atoms with Gasteiger partial charge >= 0.3 is 12.1 Å². The monoisotopic (exact) mass is 343 g/mol. The number of hydrogen-bond donors (Lipinski definition) is 1. The largest absolute Gasteiger partial charge is 0.467 e. The molecule has 0 aliphatic carbocycles. The molecular formula is C14H18BrNO4. The predicted octanol–water partition coefficient (Wildman–Crippen LogP) is 3.19. The van der Waals surface area contributed by atoms with Crippen LogP contribution in [0.1, 0.15) is 32.4 Å². The van der Waals surface area contributed by atoms with E-state index in [0.29, 0.717) is 5.56 Å². The van der Waals surface area contributed by atoms with Gasteiger partial charge in [-0.1, -0.05) is 28.1 Å². The maximum atomic E-state index is 11.8. The molecule has 6 heteroatoms. The number of benzene rings is 1. The molecular weight excluding hydrogens is 326 g/mol. The van der Waals surface area contributed by atoms with Gasteiger partial charge in [-0.2, -0.15) is 0 Å². The molecule has 0 unspecified atom stereocenters. The smallest absolute Gasteiger partial charge is 0.408 e. The molecule has 0 radical (unpaired) electrons. The number of amides is 1. The Kier molecular flexibility index (Phi) is 5.56. The van der Waals surface area contributed by atoms with Crippen LogP contribution in [0.5, 0.6) is 0 Å². The SMILES string of the molecule is COC(=O)[C@H](NC(=O)OC(C)(C)C)c1cccc(Br)c1. The molecule has 0 spiro atoms. The van der Waals surface area contributed by atoms with Gasteiger partial charge in [0.1, 0.15) is 5.60 Å². The van der Waals surface area contributed by atoms with E-state index in [-0.39, 0.29) is 0 Å². The van der Waals surface area contributed by atoms with Gasteiger partial charge in [-0.05, 0) is 38.5 Å². The summed E-state index contributed by atoms with van der Waals surface area (Å²) in [6, 6.07) is 6.15. The molecule has 0 saturated heterocycles. The molecule has 20 heavy (non-hydrogen) atoms. The van der Waals surface area contributed by atoms with E-state index in [0.717, 1.165) is 4.47 Å². The number of ether oxygens (including phenoxy) is 2. The minimum atomic E-state index is -0.910. The van der Waals surface area contributed by atoms with Crippen LogP contribution in [-0.4, -0.2) is 24.8 Å². The Morgan fingerprint density at radius 3 is 2.45 bits per heavy atom. The van der Waals surface area contributed by atoms with Gasteiger partial charge in [0.15, 0.2) is 6.04 Å². The van der Waals surface area contributed by atoms with Crippen molar-refractivity contribution in [2.45, 2.75) is 32.4 Å². The third-order valence-corrected chi connectivity index (χ3v) is 2.77. The van der Waals surface area contributed by atoms with Gasteiger partial charge in [0.2, 0.25) is 0 Å². The van der Waals surface area contributed by atoms with Crippen LogP contribution in [0.15, 0.2) is 28.7 Å². The number of rotatable bonds is 3. The molecule has 1 aromatic rings. The lowest BCUT2D eigenvalue weighted by atomic mass is 10.1. The number of carbonyl (C=O) groups excluding carboxylic acids is 2. The highest BCUT2D eigenvalue weighted by atomic mass is 79.9. The van der Waals surface area contributed by atoms with E-state index < -0.39 is 23.7 Å². The fourth-order valence-corrected chi connectivity index (χ4v) is 1.92. The van der Waals surface area contributed by atoms with Crippen molar-refractivity contribution >= 4 is 28.0 Å². The van der Waals surface area contributed by atoms with E-state index in [1.54, 1.807) is 39.0 Å². The zero-order valence-corrected chi connectivity index (χ0v) is 13.5. The highest BCUT2D eigenvalue weighted by Gasteiger charge is 2.26. The number of halogens is 1. The number of hydrogen-bond acceptors (Lipinski definition) is 4. The van der Waals surface area contributed by atoms with E-state index >= 15 is 0 Å². The van der Waals surface area contributed by atoms with E-state index in [2.05, 4.69) is 21.2 Å². The van der Waals surface area contributed by atoms with E-state index in [1.807, 2.05) is 6.07 Å². The molecule has 1 atom stereocenters. The third-order valence-electron chi connectivity index (χ3n) is 2.28. The summed E-state index contributed by atoms with van der Waals surface area (Å²) in [5.74, 6) is -0.561. The van der Waals surface area contributed by atoms with Crippen molar-refractivity contribution in [2.75, 3.05) is 7.11 Å². The summed E-state index contributed by atoms with van der Waals surface area (Å²) in [5, 5.41) is 2.51. The molecule has 0 fully saturated rings. The van der Waals surface area contributed by atoms with Crippen LogP contribution in [-0.2, 0) is 14.3 Å². The number of esters is 1. The Morgan fingerprint density at radius 2 is 1.95 bits per heavy atom. The number of methoxy groups -OCH3 is 1. The lowest BCUT2D eigenvalue weighted by Gasteiger charge is -2.22.